The van der Waals surface area contributed by atoms with Crippen LogP contribution in [0.4, 0.5) is 18.9 Å². The second kappa shape index (κ2) is 5.59. The lowest BCUT2D eigenvalue weighted by Crippen LogP contribution is -2.18. The molecule has 0 aromatic heterocycles. The molecule has 0 aliphatic carbocycles. The molecule has 0 saturated heterocycles. The number of rotatable bonds is 4. The molecule has 3 nitrogen and oxygen atoms in total. The van der Waals surface area contributed by atoms with Crippen LogP contribution >= 0.6 is 15.9 Å². The number of aliphatic hydroxyl groups is 1. The lowest BCUT2D eigenvalue weighted by Gasteiger charge is -2.13. The third-order valence-corrected chi connectivity index (χ3v) is 2.38. The van der Waals surface area contributed by atoms with Crippen molar-refractivity contribution in [3.63, 3.8) is 0 Å². The zero-order chi connectivity index (χ0) is 13.1. The number of benzene rings is 1. The molecule has 0 spiro atoms. The second-order valence-corrected chi connectivity index (χ2v) is 4.28. The monoisotopic (exact) mass is 313 g/mol. The van der Waals surface area contributed by atoms with E-state index in [9.17, 15) is 13.2 Å². The largest absolute Gasteiger partial charge is 0.573 e. The van der Waals surface area contributed by atoms with Gasteiger partial charge in [-0.25, -0.2) is 0 Å². The highest BCUT2D eigenvalue weighted by Gasteiger charge is 2.31. The van der Waals surface area contributed by atoms with Crippen molar-refractivity contribution in [2.75, 3.05) is 11.9 Å². The van der Waals surface area contributed by atoms with Gasteiger partial charge in [0.15, 0.2) is 0 Å². The van der Waals surface area contributed by atoms with E-state index < -0.39 is 12.5 Å². The summed E-state index contributed by atoms with van der Waals surface area (Å²) in [5.74, 6) is -0.305. The Kier molecular flexibility index (Phi) is 4.64. The summed E-state index contributed by atoms with van der Waals surface area (Å²) in [6.07, 6.45) is -5.25. The molecule has 1 aromatic rings. The van der Waals surface area contributed by atoms with E-state index in [-0.39, 0.29) is 10.2 Å². The van der Waals surface area contributed by atoms with Crippen molar-refractivity contribution >= 4 is 21.6 Å². The maximum absolute atomic E-state index is 12.0. The summed E-state index contributed by atoms with van der Waals surface area (Å²) < 4.78 is 39.9. The van der Waals surface area contributed by atoms with Crippen LogP contribution in [0.5, 0.6) is 5.75 Å². The van der Waals surface area contributed by atoms with Gasteiger partial charge in [-0.2, -0.15) is 0 Å². The van der Waals surface area contributed by atoms with Gasteiger partial charge < -0.3 is 15.2 Å². The minimum atomic E-state index is -4.71. The highest BCUT2D eigenvalue weighted by atomic mass is 79.9. The van der Waals surface area contributed by atoms with Crippen molar-refractivity contribution in [1.82, 2.24) is 0 Å². The molecule has 0 aliphatic heterocycles. The van der Waals surface area contributed by atoms with E-state index in [1.54, 1.807) is 6.92 Å². The summed E-state index contributed by atoms with van der Waals surface area (Å²) in [5, 5.41) is 11.9. The van der Waals surface area contributed by atoms with Crippen LogP contribution in [0.15, 0.2) is 22.7 Å². The van der Waals surface area contributed by atoms with Crippen LogP contribution in [0, 0.1) is 0 Å². The van der Waals surface area contributed by atoms with Crippen molar-refractivity contribution in [3.8, 4) is 5.75 Å². The van der Waals surface area contributed by atoms with E-state index in [0.717, 1.165) is 0 Å². The summed E-state index contributed by atoms with van der Waals surface area (Å²) in [5.41, 5.74) is 0.590. The molecule has 96 valence electrons. The van der Waals surface area contributed by atoms with Gasteiger partial charge in [0.2, 0.25) is 0 Å². The summed E-state index contributed by atoms with van der Waals surface area (Å²) in [7, 11) is 0. The van der Waals surface area contributed by atoms with Crippen molar-refractivity contribution in [3.05, 3.63) is 22.7 Å². The molecular weight excluding hydrogens is 303 g/mol. The van der Waals surface area contributed by atoms with Gasteiger partial charge >= 0.3 is 6.36 Å². The van der Waals surface area contributed by atoms with Gasteiger partial charge in [0, 0.05) is 12.2 Å². The summed E-state index contributed by atoms with van der Waals surface area (Å²) in [4.78, 5) is 0. The highest BCUT2D eigenvalue weighted by molar-refractivity contribution is 9.10. The predicted octanol–water partition coefficient (Wildman–Crippen LogP) is 3.14. The number of anilines is 1. The summed E-state index contributed by atoms with van der Waals surface area (Å²) in [6, 6.07) is 4.08. The van der Waals surface area contributed by atoms with E-state index in [0.29, 0.717) is 12.2 Å². The quantitative estimate of drug-likeness (QED) is 0.897. The molecule has 0 saturated carbocycles. The SMILES string of the molecule is C[C@H](O)CNc1ccc(OC(F)(F)F)c(Br)c1. The molecule has 0 aliphatic rings. The molecule has 0 heterocycles. The Balaban J connectivity index is 2.72. The van der Waals surface area contributed by atoms with Crippen LogP contribution in [-0.4, -0.2) is 24.1 Å². The van der Waals surface area contributed by atoms with Gasteiger partial charge in [-0.15, -0.1) is 13.2 Å². The highest BCUT2D eigenvalue weighted by Crippen LogP contribution is 2.32. The average molecular weight is 314 g/mol. The Morgan fingerprint density at radius 3 is 2.59 bits per heavy atom. The predicted molar refractivity (Wildman–Crippen MR) is 61.0 cm³/mol. The van der Waals surface area contributed by atoms with Crippen molar-refractivity contribution in [1.29, 1.82) is 0 Å². The van der Waals surface area contributed by atoms with Crippen LogP contribution in [0.25, 0.3) is 0 Å². The zero-order valence-electron chi connectivity index (χ0n) is 8.88. The first-order valence-electron chi connectivity index (χ1n) is 4.75. The molecular formula is C10H11BrF3NO2. The number of nitrogens with one attached hydrogen (secondary N) is 1. The maximum Gasteiger partial charge on any atom is 0.573 e. The lowest BCUT2D eigenvalue weighted by molar-refractivity contribution is -0.274. The Morgan fingerprint density at radius 2 is 2.12 bits per heavy atom. The fraction of sp³-hybridized carbons (Fsp3) is 0.400. The molecule has 1 aromatic carbocycles. The first-order valence-corrected chi connectivity index (χ1v) is 5.54. The van der Waals surface area contributed by atoms with Crippen molar-refractivity contribution in [2.24, 2.45) is 0 Å². The van der Waals surface area contributed by atoms with E-state index in [4.69, 9.17) is 5.11 Å². The normalized spacial score (nSPS) is 13.3. The third-order valence-electron chi connectivity index (χ3n) is 1.76. The average Bonchev–Trinajstić information content (AvgIpc) is 2.17. The van der Waals surface area contributed by atoms with E-state index in [1.807, 2.05) is 0 Å². The van der Waals surface area contributed by atoms with Crippen molar-refractivity contribution in [2.45, 2.75) is 19.4 Å². The number of aliphatic hydroxyl groups excluding tert-OH is 1. The first kappa shape index (κ1) is 14.1. The molecule has 0 bridgehead atoms. The Bertz CT molecular complexity index is 382. The molecule has 1 atom stereocenters. The van der Waals surface area contributed by atoms with Crippen LogP contribution in [0.3, 0.4) is 0 Å². The molecule has 17 heavy (non-hydrogen) atoms. The second-order valence-electron chi connectivity index (χ2n) is 3.42. The van der Waals surface area contributed by atoms with Gasteiger partial charge in [-0.05, 0) is 41.1 Å². The summed E-state index contributed by atoms with van der Waals surface area (Å²) >= 11 is 2.98. The van der Waals surface area contributed by atoms with Crippen LogP contribution in [-0.2, 0) is 0 Å². The minimum Gasteiger partial charge on any atom is -0.405 e. The number of ether oxygens (including phenoxy) is 1. The molecule has 0 fully saturated rings. The lowest BCUT2D eigenvalue weighted by atomic mass is 10.3. The van der Waals surface area contributed by atoms with E-state index >= 15 is 0 Å². The third kappa shape index (κ3) is 5.27. The number of hydrogen-bond donors (Lipinski definition) is 2. The minimum absolute atomic E-state index is 0.186. The van der Waals surface area contributed by atoms with Crippen LogP contribution in [0.2, 0.25) is 0 Å². The van der Waals surface area contributed by atoms with Crippen LogP contribution in [0.1, 0.15) is 6.92 Å². The van der Waals surface area contributed by atoms with Gasteiger partial charge in [-0.1, -0.05) is 0 Å². The number of alkyl halides is 3. The van der Waals surface area contributed by atoms with Gasteiger partial charge in [0.05, 0.1) is 10.6 Å². The van der Waals surface area contributed by atoms with Crippen molar-refractivity contribution < 1.29 is 23.0 Å². The first-order chi connectivity index (χ1) is 7.78. The molecule has 2 N–H and O–H groups in total. The smallest absolute Gasteiger partial charge is 0.405 e. The Hall–Kier alpha value is -0.950. The number of halogens is 4. The van der Waals surface area contributed by atoms with Gasteiger partial charge in [-0.3, -0.25) is 0 Å². The number of hydrogen-bond acceptors (Lipinski definition) is 3. The standard InChI is InChI=1S/C10H11BrF3NO2/c1-6(16)5-15-7-2-3-9(8(11)4-7)17-10(12,13)14/h2-4,6,15-16H,5H2,1H3/t6-/m0/s1. The molecule has 7 heteroatoms. The van der Waals surface area contributed by atoms with Gasteiger partial charge in [0.25, 0.3) is 0 Å². The van der Waals surface area contributed by atoms with E-state index in [2.05, 4.69) is 26.0 Å². The zero-order valence-corrected chi connectivity index (χ0v) is 10.5. The Morgan fingerprint density at radius 1 is 1.47 bits per heavy atom. The topological polar surface area (TPSA) is 41.5 Å². The van der Waals surface area contributed by atoms with Gasteiger partial charge in [0.1, 0.15) is 5.75 Å². The fourth-order valence-corrected chi connectivity index (χ4v) is 1.54. The molecule has 1 rings (SSSR count). The molecule has 0 radical (unpaired) electrons. The fourth-order valence-electron chi connectivity index (χ4n) is 1.08. The summed E-state index contributed by atoms with van der Waals surface area (Å²) in [6.45, 7) is 1.91. The van der Waals surface area contributed by atoms with E-state index in [1.165, 1.54) is 18.2 Å². The van der Waals surface area contributed by atoms with Crippen LogP contribution < -0.4 is 10.1 Å². The molecule has 0 unspecified atom stereocenters. The molecule has 0 amide bonds. The Labute approximate surface area is 105 Å². The maximum atomic E-state index is 12.0.